The summed E-state index contributed by atoms with van der Waals surface area (Å²) in [5, 5.41) is 0. The topological polar surface area (TPSA) is 23.6 Å². The Kier molecular flexibility index (Phi) is 5.51. The maximum Gasteiger partial charge on any atom is 0.236 e. The van der Waals surface area contributed by atoms with Crippen LogP contribution in [0.4, 0.5) is 8.78 Å². The lowest BCUT2D eigenvalue weighted by atomic mass is 10.0. The number of piperidine rings is 1. The Morgan fingerprint density at radius 2 is 2.14 bits per heavy atom. The van der Waals surface area contributed by atoms with E-state index in [1.807, 2.05) is 23.8 Å². The second kappa shape index (κ2) is 7.18. The molecule has 0 radical (unpaired) electrons. The Morgan fingerprint density at radius 3 is 2.77 bits per heavy atom. The van der Waals surface area contributed by atoms with Crippen molar-refractivity contribution in [3.05, 3.63) is 35.4 Å². The zero-order valence-electron chi connectivity index (χ0n) is 13.5. The summed E-state index contributed by atoms with van der Waals surface area (Å²) in [6.45, 7) is 5.96. The number of hydrogen-bond acceptors (Lipinski definition) is 2. The first kappa shape index (κ1) is 16.9. The van der Waals surface area contributed by atoms with E-state index in [0.29, 0.717) is 11.5 Å². The molecule has 0 spiro atoms. The van der Waals surface area contributed by atoms with Crippen LogP contribution in [0.5, 0.6) is 0 Å². The van der Waals surface area contributed by atoms with E-state index in [9.17, 15) is 13.6 Å². The predicted octanol–water partition coefficient (Wildman–Crippen LogP) is 3.22. The van der Waals surface area contributed by atoms with Crippen LogP contribution in [0.3, 0.4) is 0 Å². The molecule has 0 bridgehead atoms. The van der Waals surface area contributed by atoms with Gasteiger partial charge in [-0.15, -0.1) is 0 Å². The molecule has 1 saturated heterocycles. The molecule has 1 aromatic rings. The van der Waals surface area contributed by atoms with Crippen molar-refractivity contribution in [2.24, 2.45) is 5.92 Å². The summed E-state index contributed by atoms with van der Waals surface area (Å²) in [6.07, 6.45) is 2.22. The first-order valence-electron chi connectivity index (χ1n) is 7.81. The maximum atomic E-state index is 13.3. The number of rotatable bonds is 4. The number of likely N-dealkylation sites (N-methyl/N-ethyl adjacent to an activating group) is 1. The monoisotopic (exact) mass is 310 g/mol. The smallest absolute Gasteiger partial charge is 0.236 e. The number of likely N-dealkylation sites (tertiary alicyclic amines) is 1. The van der Waals surface area contributed by atoms with Gasteiger partial charge in [0.2, 0.25) is 5.91 Å². The standard InChI is InChI=1S/C17H24F2N2O/c1-12-5-4-8-21(10-12)17(22)11-20(3)13(2)14-6-7-15(18)16(19)9-14/h6-7,9,12-13H,4-5,8,10-11H2,1-3H3. The lowest BCUT2D eigenvalue weighted by molar-refractivity contribution is -0.134. The quantitative estimate of drug-likeness (QED) is 0.852. The van der Waals surface area contributed by atoms with Gasteiger partial charge in [0.25, 0.3) is 0 Å². The summed E-state index contributed by atoms with van der Waals surface area (Å²) >= 11 is 0. The number of nitrogens with zero attached hydrogens (tertiary/aromatic N) is 2. The highest BCUT2D eigenvalue weighted by molar-refractivity contribution is 5.78. The molecule has 1 aliphatic rings. The molecule has 0 aliphatic carbocycles. The molecule has 2 rings (SSSR count). The minimum Gasteiger partial charge on any atom is -0.341 e. The van der Waals surface area contributed by atoms with E-state index in [2.05, 4.69) is 6.92 Å². The van der Waals surface area contributed by atoms with E-state index in [1.165, 1.54) is 12.5 Å². The highest BCUT2D eigenvalue weighted by Gasteiger charge is 2.23. The van der Waals surface area contributed by atoms with Crippen molar-refractivity contribution in [3.8, 4) is 0 Å². The Bertz CT molecular complexity index is 535. The summed E-state index contributed by atoms with van der Waals surface area (Å²) in [4.78, 5) is 16.1. The minimum atomic E-state index is -0.853. The largest absolute Gasteiger partial charge is 0.341 e. The SMILES string of the molecule is CC1CCCN(C(=O)CN(C)C(C)c2ccc(F)c(F)c2)C1. The predicted molar refractivity (Wildman–Crippen MR) is 82.4 cm³/mol. The third kappa shape index (κ3) is 4.03. The highest BCUT2D eigenvalue weighted by atomic mass is 19.2. The van der Waals surface area contributed by atoms with Gasteiger partial charge in [0, 0.05) is 19.1 Å². The first-order chi connectivity index (χ1) is 10.4. The van der Waals surface area contributed by atoms with Crippen molar-refractivity contribution in [2.45, 2.75) is 32.7 Å². The van der Waals surface area contributed by atoms with Crippen LogP contribution in [0.25, 0.3) is 0 Å². The fraction of sp³-hybridized carbons (Fsp3) is 0.588. The fourth-order valence-electron chi connectivity index (χ4n) is 2.89. The highest BCUT2D eigenvalue weighted by Crippen LogP contribution is 2.21. The molecular formula is C17H24F2N2O. The van der Waals surface area contributed by atoms with Crippen LogP contribution >= 0.6 is 0 Å². The number of benzene rings is 1. The Labute approximate surface area is 130 Å². The third-order valence-corrected chi connectivity index (χ3v) is 4.48. The van der Waals surface area contributed by atoms with Gasteiger partial charge in [0.15, 0.2) is 11.6 Å². The van der Waals surface area contributed by atoms with Gasteiger partial charge in [-0.3, -0.25) is 9.69 Å². The maximum absolute atomic E-state index is 13.3. The average Bonchev–Trinajstić information content (AvgIpc) is 2.49. The van der Waals surface area contributed by atoms with Crippen LogP contribution in [0.2, 0.25) is 0 Å². The molecule has 1 aliphatic heterocycles. The number of carbonyl (C=O) groups excluding carboxylic acids is 1. The lowest BCUT2D eigenvalue weighted by Gasteiger charge is -2.33. The summed E-state index contributed by atoms with van der Waals surface area (Å²) in [6, 6.07) is 3.74. The third-order valence-electron chi connectivity index (χ3n) is 4.48. The number of amides is 1. The number of halogens is 2. The number of hydrogen-bond donors (Lipinski definition) is 0. The fourth-order valence-corrected chi connectivity index (χ4v) is 2.89. The molecule has 1 aromatic carbocycles. The van der Waals surface area contributed by atoms with E-state index in [0.717, 1.165) is 25.6 Å². The van der Waals surface area contributed by atoms with Gasteiger partial charge in [-0.05, 0) is 50.4 Å². The second-order valence-corrected chi connectivity index (χ2v) is 6.35. The van der Waals surface area contributed by atoms with Crippen LogP contribution in [0, 0.1) is 17.6 Å². The molecule has 1 fully saturated rings. The van der Waals surface area contributed by atoms with Gasteiger partial charge >= 0.3 is 0 Å². The molecule has 1 heterocycles. The van der Waals surface area contributed by atoms with E-state index in [-0.39, 0.29) is 18.5 Å². The molecule has 2 atom stereocenters. The van der Waals surface area contributed by atoms with E-state index in [4.69, 9.17) is 0 Å². The Hall–Kier alpha value is -1.49. The van der Waals surface area contributed by atoms with Crippen molar-refractivity contribution in [1.82, 2.24) is 9.80 Å². The molecule has 2 unspecified atom stereocenters. The van der Waals surface area contributed by atoms with Crippen molar-refractivity contribution in [1.29, 1.82) is 0 Å². The van der Waals surface area contributed by atoms with Gasteiger partial charge in [-0.1, -0.05) is 13.0 Å². The van der Waals surface area contributed by atoms with Gasteiger partial charge in [-0.2, -0.15) is 0 Å². The van der Waals surface area contributed by atoms with Crippen LogP contribution in [0.15, 0.2) is 18.2 Å². The van der Waals surface area contributed by atoms with Crippen LogP contribution in [-0.2, 0) is 4.79 Å². The molecule has 22 heavy (non-hydrogen) atoms. The molecule has 0 N–H and O–H groups in total. The first-order valence-corrected chi connectivity index (χ1v) is 7.81. The molecule has 122 valence electrons. The second-order valence-electron chi connectivity index (χ2n) is 6.35. The van der Waals surface area contributed by atoms with E-state index < -0.39 is 11.6 Å². The Balaban J connectivity index is 1.96. The van der Waals surface area contributed by atoms with Crippen molar-refractivity contribution in [3.63, 3.8) is 0 Å². The summed E-state index contributed by atoms with van der Waals surface area (Å²) < 4.78 is 26.3. The molecule has 5 heteroatoms. The lowest BCUT2D eigenvalue weighted by Crippen LogP contribution is -2.44. The van der Waals surface area contributed by atoms with Gasteiger partial charge < -0.3 is 4.90 Å². The number of carbonyl (C=O) groups is 1. The van der Waals surface area contributed by atoms with E-state index in [1.54, 1.807) is 6.07 Å². The summed E-state index contributed by atoms with van der Waals surface area (Å²) in [7, 11) is 1.83. The summed E-state index contributed by atoms with van der Waals surface area (Å²) in [5.74, 6) is -1.05. The van der Waals surface area contributed by atoms with Crippen LogP contribution < -0.4 is 0 Å². The molecule has 1 amide bonds. The van der Waals surface area contributed by atoms with Gasteiger partial charge in [0.1, 0.15) is 0 Å². The zero-order valence-corrected chi connectivity index (χ0v) is 13.5. The Morgan fingerprint density at radius 1 is 1.41 bits per heavy atom. The average molecular weight is 310 g/mol. The van der Waals surface area contributed by atoms with Gasteiger partial charge in [-0.25, -0.2) is 8.78 Å². The normalized spacial score (nSPS) is 20.3. The molecule has 3 nitrogen and oxygen atoms in total. The van der Waals surface area contributed by atoms with Crippen molar-refractivity contribution < 1.29 is 13.6 Å². The van der Waals surface area contributed by atoms with Crippen LogP contribution in [-0.4, -0.2) is 42.4 Å². The van der Waals surface area contributed by atoms with Crippen LogP contribution in [0.1, 0.15) is 38.3 Å². The molecule has 0 aromatic heterocycles. The van der Waals surface area contributed by atoms with Crippen molar-refractivity contribution in [2.75, 3.05) is 26.7 Å². The zero-order chi connectivity index (χ0) is 16.3. The molecular weight excluding hydrogens is 286 g/mol. The van der Waals surface area contributed by atoms with Gasteiger partial charge in [0.05, 0.1) is 6.54 Å². The molecule has 0 saturated carbocycles. The van der Waals surface area contributed by atoms with E-state index >= 15 is 0 Å². The van der Waals surface area contributed by atoms with Crippen molar-refractivity contribution >= 4 is 5.91 Å². The minimum absolute atomic E-state index is 0.100. The summed E-state index contributed by atoms with van der Waals surface area (Å²) in [5.41, 5.74) is 0.668.